The first-order chi connectivity index (χ1) is 31.0. The first-order valence-corrected chi connectivity index (χ1v) is 23.3. The molecule has 7 aromatic carbocycles. The average molecular weight is 1060 g/mol. The van der Waals surface area contributed by atoms with Crippen molar-refractivity contribution in [3.63, 3.8) is 0 Å². The van der Waals surface area contributed by atoms with Crippen LogP contribution in [0.1, 0.15) is 52.7 Å². The van der Waals surface area contributed by atoms with E-state index in [4.69, 9.17) is 9.72 Å². The van der Waals surface area contributed by atoms with E-state index in [1.807, 2.05) is 47.9 Å². The Bertz CT molecular complexity index is 3300. The van der Waals surface area contributed by atoms with Gasteiger partial charge < -0.3 is 24.0 Å². The minimum Gasteiger partial charge on any atom is -0.509 e. The van der Waals surface area contributed by atoms with Crippen molar-refractivity contribution in [1.82, 2.24) is 9.55 Å². The van der Waals surface area contributed by atoms with E-state index in [1.54, 1.807) is 0 Å². The molecule has 0 unspecified atom stereocenters. The molecule has 0 spiro atoms. The third-order valence-electron chi connectivity index (χ3n) is 12.4. The van der Waals surface area contributed by atoms with Gasteiger partial charge in [-0.2, -0.15) is 12.1 Å². The molecule has 3 aliphatic heterocycles. The zero-order valence-electron chi connectivity index (χ0n) is 36.8. The molecule has 0 saturated heterocycles. The van der Waals surface area contributed by atoms with Gasteiger partial charge in [-0.05, 0) is 94.1 Å². The SMILES string of the molecule is CC(C)(C)c1ccnc(-n2c3[c-]c(Oc4[c-]c(N5[CH-]N(c6cc7c8c(c6)Sc6ccccc6N8c6ccccc6S7)c6ccccc65)ccc4)ccc3c3cc(C(C)(C)C)ccc32)c1.[Pt]. The molecule has 0 bridgehead atoms. The van der Waals surface area contributed by atoms with Crippen LogP contribution >= 0.6 is 23.5 Å². The van der Waals surface area contributed by atoms with Crippen molar-refractivity contribution in [2.75, 3.05) is 14.7 Å². The van der Waals surface area contributed by atoms with Gasteiger partial charge in [0.05, 0.1) is 17.1 Å². The summed E-state index contributed by atoms with van der Waals surface area (Å²) in [5.41, 5.74) is 12.3. The van der Waals surface area contributed by atoms with E-state index < -0.39 is 0 Å². The summed E-state index contributed by atoms with van der Waals surface area (Å²) < 4.78 is 8.91. The smallest absolute Gasteiger partial charge is 0.135 e. The maximum absolute atomic E-state index is 6.69. The first-order valence-electron chi connectivity index (χ1n) is 21.7. The van der Waals surface area contributed by atoms with Crippen LogP contribution in [-0.4, -0.2) is 9.55 Å². The van der Waals surface area contributed by atoms with Crippen LogP contribution < -0.4 is 19.4 Å². The predicted molar refractivity (Wildman–Crippen MR) is 265 cm³/mol. The molecular weight excluding hydrogens is 1020 g/mol. The molecule has 0 fully saturated rings. The van der Waals surface area contributed by atoms with Gasteiger partial charge in [0.15, 0.2) is 0 Å². The Hall–Kier alpha value is -5.92. The summed E-state index contributed by atoms with van der Waals surface area (Å²) in [5, 5.41) is 2.27. The second kappa shape index (κ2) is 15.6. The van der Waals surface area contributed by atoms with Gasteiger partial charge in [-0.3, -0.25) is 0 Å². The fourth-order valence-electron chi connectivity index (χ4n) is 9.11. The molecule has 0 radical (unpaired) electrons. The molecular formula is C56H44N5OPtS2-3. The number of hydrogen-bond donors (Lipinski definition) is 0. The number of fused-ring (bicyclic) bond motifs is 8. The van der Waals surface area contributed by atoms with Crippen LogP contribution in [0.3, 0.4) is 0 Å². The second-order valence-electron chi connectivity index (χ2n) is 18.7. The van der Waals surface area contributed by atoms with Crippen LogP contribution in [0, 0.1) is 18.8 Å². The maximum Gasteiger partial charge on any atom is 0.135 e. The molecule has 2 aromatic heterocycles. The first kappa shape index (κ1) is 41.8. The molecule has 5 heterocycles. The summed E-state index contributed by atoms with van der Waals surface area (Å²) in [5.74, 6) is 2.07. The van der Waals surface area contributed by atoms with E-state index in [0.717, 1.165) is 45.0 Å². The van der Waals surface area contributed by atoms with Crippen molar-refractivity contribution < 1.29 is 25.8 Å². The summed E-state index contributed by atoms with van der Waals surface area (Å²) >= 11 is 3.69. The van der Waals surface area contributed by atoms with E-state index >= 15 is 0 Å². The van der Waals surface area contributed by atoms with Crippen LogP contribution in [0.15, 0.2) is 171 Å². The van der Waals surface area contributed by atoms with Crippen molar-refractivity contribution in [2.45, 2.75) is 72.0 Å². The second-order valence-corrected chi connectivity index (χ2v) is 20.8. The number of rotatable bonds is 5. The van der Waals surface area contributed by atoms with Gasteiger partial charge in [-0.1, -0.05) is 119 Å². The average Bonchev–Trinajstić information content (AvgIpc) is 3.84. The van der Waals surface area contributed by atoms with Crippen LogP contribution in [0.4, 0.5) is 39.8 Å². The fraction of sp³-hybridized carbons (Fsp3) is 0.143. The monoisotopic (exact) mass is 1060 g/mol. The maximum atomic E-state index is 6.69. The predicted octanol–water partition coefficient (Wildman–Crippen LogP) is 16.0. The number of anilines is 7. The number of ether oxygens (including phenoxy) is 1. The summed E-state index contributed by atoms with van der Waals surface area (Å²) in [6, 6.07) is 59.3. The topological polar surface area (TPSA) is 36.8 Å². The third kappa shape index (κ3) is 7.04. The normalized spacial score (nSPS) is 13.9. The quantitative estimate of drug-likeness (QED) is 0.159. The largest absolute Gasteiger partial charge is 0.509 e. The number of hydrogen-bond acceptors (Lipinski definition) is 7. The molecule has 3 aliphatic rings. The molecule has 9 aromatic rings. The number of nitrogens with zero attached hydrogens (tertiary/aromatic N) is 5. The minimum absolute atomic E-state index is 0. The number of benzene rings is 7. The van der Waals surface area contributed by atoms with Gasteiger partial charge in [0.25, 0.3) is 0 Å². The van der Waals surface area contributed by atoms with Gasteiger partial charge in [-0.15, -0.1) is 48.1 Å². The minimum atomic E-state index is -0.0323. The Balaban J connectivity index is 0.00000469. The Labute approximate surface area is 403 Å². The standard InChI is InChI=1S/C56H44N5OS2.Pt/c1-55(2,3)35-22-25-43-42(28-35)41-24-23-40(33-48(41)60(43)53-29-36(26-27-57-53)56(4,5)6)62-39-15-13-14-37(30-39)58-34-59(45-17-8-7-16-44(45)58)38-31-51-54-52(32-38)64-50-21-12-10-19-47(50)61(54)46-18-9-11-20-49(46)63-51;/h7-29,31-32,34H,1-6H3;/q-3;. The number of para-hydroxylation sites is 4. The van der Waals surface area contributed by atoms with E-state index in [-0.39, 0.29) is 31.9 Å². The number of aromatic nitrogens is 2. The molecule has 0 saturated carbocycles. The molecule has 0 N–H and O–H groups in total. The van der Waals surface area contributed by atoms with Crippen molar-refractivity contribution >= 4 is 85.1 Å². The summed E-state index contributed by atoms with van der Waals surface area (Å²) in [6.45, 7) is 15.7. The molecule has 0 atom stereocenters. The Kier molecular flexibility index (Phi) is 10.0. The molecule has 324 valence electrons. The van der Waals surface area contributed by atoms with Crippen LogP contribution in [0.25, 0.3) is 27.6 Å². The summed E-state index contributed by atoms with van der Waals surface area (Å²) in [6.07, 6.45) is 1.91. The van der Waals surface area contributed by atoms with Crippen molar-refractivity contribution in [1.29, 1.82) is 0 Å². The van der Waals surface area contributed by atoms with Crippen LogP contribution in [0.5, 0.6) is 11.5 Å². The third-order valence-corrected chi connectivity index (χ3v) is 14.6. The Morgan fingerprint density at radius 2 is 1.17 bits per heavy atom. The van der Waals surface area contributed by atoms with Gasteiger partial charge >= 0.3 is 0 Å². The Morgan fingerprint density at radius 3 is 1.85 bits per heavy atom. The van der Waals surface area contributed by atoms with Gasteiger partial charge in [0.2, 0.25) is 0 Å². The van der Waals surface area contributed by atoms with Crippen molar-refractivity contribution in [2.24, 2.45) is 0 Å². The van der Waals surface area contributed by atoms with Gasteiger partial charge in [0, 0.05) is 80.9 Å². The van der Waals surface area contributed by atoms with Crippen LogP contribution in [-0.2, 0) is 31.9 Å². The summed E-state index contributed by atoms with van der Waals surface area (Å²) in [4.78, 5) is 16.8. The fourth-order valence-corrected chi connectivity index (χ4v) is 11.4. The van der Waals surface area contributed by atoms with Crippen molar-refractivity contribution in [3.8, 4) is 17.3 Å². The van der Waals surface area contributed by atoms with E-state index in [0.29, 0.717) is 11.5 Å². The zero-order chi connectivity index (χ0) is 43.5. The molecule has 12 rings (SSSR count). The molecule has 0 amide bonds. The Morgan fingerprint density at radius 1 is 0.554 bits per heavy atom. The number of pyridine rings is 1. The molecule has 6 nitrogen and oxygen atoms in total. The van der Waals surface area contributed by atoms with Crippen molar-refractivity contribution in [3.05, 3.63) is 182 Å². The van der Waals surface area contributed by atoms with Crippen LogP contribution in [0.2, 0.25) is 0 Å². The van der Waals surface area contributed by atoms with E-state index in [9.17, 15) is 0 Å². The zero-order valence-corrected chi connectivity index (χ0v) is 40.7. The van der Waals surface area contributed by atoms with Gasteiger partial charge in [-0.25, -0.2) is 4.98 Å². The molecule has 9 heteroatoms. The molecule has 65 heavy (non-hydrogen) atoms. The summed E-state index contributed by atoms with van der Waals surface area (Å²) in [7, 11) is 0. The van der Waals surface area contributed by atoms with E-state index in [1.165, 1.54) is 53.2 Å². The van der Waals surface area contributed by atoms with Gasteiger partial charge in [0.1, 0.15) is 5.82 Å². The molecule has 0 aliphatic carbocycles. The van der Waals surface area contributed by atoms with E-state index in [2.05, 4.69) is 207 Å².